The summed E-state index contributed by atoms with van der Waals surface area (Å²) in [6, 6.07) is 2.01. The molecular formula is C12H20N2O4S. The molecule has 0 aliphatic carbocycles. The molecule has 0 bridgehead atoms. The topological polar surface area (TPSA) is 96.3 Å². The van der Waals surface area contributed by atoms with Crippen molar-refractivity contribution < 1.29 is 17.9 Å². The smallest absolute Gasteiger partial charge is 0.407 e. The van der Waals surface area contributed by atoms with Crippen LogP contribution in [-0.2, 0) is 14.6 Å². The summed E-state index contributed by atoms with van der Waals surface area (Å²) in [6.07, 6.45) is -0.145. The van der Waals surface area contributed by atoms with Crippen molar-refractivity contribution in [3.8, 4) is 6.07 Å². The first kappa shape index (κ1) is 15.8. The van der Waals surface area contributed by atoms with Crippen molar-refractivity contribution in [3.05, 3.63) is 0 Å². The summed E-state index contributed by atoms with van der Waals surface area (Å²) in [5.74, 6) is -0.745. The highest BCUT2D eigenvalue weighted by atomic mass is 32.2. The van der Waals surface area contributed by atoms with Crippen LogP contribution in [-0.4, -0.2) is 38.2 Å². The molecule has 1 aliphatic heterocycles. The van der Waals surface area contributed by atoms with E-state index in [-0.39, 0.29) is 24.0 Å². The predicted molar refractivity (Wildman–Crippen MR) is 70.1 cm³/mol. The maximum atomic E-state index is 11.5. The largest absolute Gasteiger partial charge is 0.444 e. The van der Waals surface area contributed by atoms with Gasteiger partial charge in [0.25, 0.3) is 0 Å². The Kier molecular flexibility index (Phi) is 4.80. The molecule has 7 heteroatoms. The summed E-state index contributed by atoms with van der Waals surface area (Å²) in [7, 11) is -3.11. The third-order valence-electron chi connectivity index (χ3n) is 2.88. The lowest BCUT2D eigenvalue weighted by Gasteiger charge is -2.27. The number of ether oxygens (including phenoxy) is 1. The van der Waals surface area contributed by atoms with Gasteiger partial charge >= 0.3 is 6.09 Å². The number of hydrogen-bond donors (Lipinski definition) is 1. The van der Waals surface area contributed by atoms with Gasteiger partial charge in [0.2, 0.25) is 0 Å². The highest BCUT2D eigenvalue weighted by Crippen LogP contribution is 2.24. The molecule has 0 spiro atoms. The van der Waals surface area contributed by atoms with Gasteiger partial charge in [0, 0.05) is 6.54 Å². The fraction of sp³-hybridized carbons (Fsp3) is 0.833. The average Bonchev–Trinajstić information content (AvgIpc) is 2.24. The Labute approximate surface area is 114 Å². The Morgan fingerprint density at radius 1 is 1.47 bits per heavy atom. The molecule has 108 valence electrons. The number of alkyl carbamates (subject to hydrolysis) is 1. The number of carbonyl (C=O) groups is 1. The minimum absolute atomic E-state index is 0.0752. The van der Waals surface area contributed by atoms with Crippen LogP contribution in [0.25, 0.3) is 0 Å². The van der Waals surface area contributed by atoms with E-state index in [2.05, 4.69) is 5.32 Å². The minimum atomic E-state index is -3.11. The van der Waals surface area contributed by atoms with E-state index in [1.807, 2.05) is 6.07 Å². The van der Waals surface area contributed by atoms with Crippen molar-refractivity contribution in [2.45, 2.75) is 32.8 Å². The summed E-state index contributed by atoms with van der Waals surface area (Å²) >= 11 is 0. The molecule has 1 amide bonds. The molecule has 1 rings (SSSR count). The van der Waals surface area contributed by atoms with Gasteiger partial charge in [0.05, 0.1) is 23.5 Å². The van der Waals surface area contributed by atoms with Gasteiger partial charge in [-0.15, -0.1) is 0 Å². The zero-order valence-corrected chi connectivity index (χ0v) is 12.3. The second-order valence-corrected chi connectivity index (χ2v) is 8.01. The monoisotopic (exact) mass is 288 g/mol. The predicted octanol–water partition coefficient (Wildman–Crippen LogP) is 1.09. The molecule has 0 radical (unpaired) electrons. The van der Waals surface area contributed by atoms with Gasteiger partial charge in [-0.25, -0.2) is 13.2 Å². The van der Waals surface area contributed by atoms with Crippen LogP contribution in [0.2, 0.25) is 0 Å². The van der Waals surface area contributed by atoms with Crippen molar-refractivity contribution in [2.75, 3.05) is 18.1 Å². The first-order valence-corrected chi connectivity index (χ1v) is 8.02. The number of nitrogens with one attached hydrogen (secondary N) is 1. The summed E-state index contributed by atoms with van der Waals surface area (Å²) in [5.41, 5.74) is -0.575. The van der Waals surface area contributed by atoms with Crippen LogP contribution < -0.4 is 5.32 Å². The van der Waals surface area contributed by atoms with Crippen molar-refractivity contribution in [1.82, 2.24) is 5.32 Å². The molecule has 1 N–H and O–H groups in total. The van der Waals surface area contributed by atoms with E-state index in [0.717, 1.165) is 0 Å². The van der Waals surface area contributed by atoms with Crippen LogP contribution in [0, 0.1) is 23.2 Å². The van der Waals surface area contributed by atoms with Gasteiger partial charge in [-0.1, -0.05) is 0 Å². The fourth-order valence-electron chi connectivity index (χ4n) is 1.94. The highest BCUT2D eigenvalue weighted by molar-refractivity contribution is 7.91. The molecule has 2 atom stereocenters. The Balaban J connectivity index is 2.50. The van der Waals surface area contributed by atoms with Crippen LogP contribution in [0.4, 0.5) is 4.79 Å². The van der Waals surface area contributed by atoms with Gasteiger partial charge in [-0.2, -0.15) is 5.26 Å². The average molecular weight is 288 g/mol. The van der Waals surface area contributed by atoms with Gasteiger partial charge in [0.15, 0.2) is 9.84 Å². The molecular weight excluding hydrogens is 268 g/mol. The van der Waals surface area contributed by atoms with Crippen LogP contribution in [0.3, 0.4) is 0 Å². The maximum absolute atomic E-state index is 11.5. The van der Waals surface area contributed by atoms with Crippen LogP contribution in [0.15, 0.2) is 0 Å². The first-order chi connectivity index (χ1) is 8.63. The Morgan fingerprint density at radius 3 is 2.63 bits per heavy atom. The third-order valence-corrected chi connectivity index (χ3v) is 4.60. The van der Waals surface area contributed by atoms with E-state index in [9.17, 15) is 13.2 Å². The summed E-state index contributed by atoms with van der Waals surface area (Å²) in [6.45, 7) is 5.55. The van der Waals surface area contributed by atoms with Crippen molar-refractivity contribution in [3.63, 3.8) is 0 Å². The molecule has 1 fully saturated rings. The zero-order chi connectivity index (χ0) is 14.7. The second-order valence-electron chi connectivity index (χ2n) is 5.78. The third kappa shape index (κ3) is 5.47. The van der Waals surface area contributed by atoms with E-state index < -0.39 is 27.4 Å². The number of hydrogen-bond acceptors (Lipinski definition) is 5. The molecule has 0 aromatic rings. The van der Waals surface area contributed by atoms with Crippen LogP contribution in [0.1, 0.15) is 27.2 Å². The van der Waals surface area contributed by atoms with Crippen LogP contribution in [0.5, 0.6) is 0 Å². The number of nitrogens with zero attached hydrogens (tertiary/aromatic N) is 1. The van der Waals surface area contributed by atoms with E-state index >= 15 is 0 Å². The molecule has 1 heterocycles. The first-order valence-electron chi connectivity index (χ1n) is 6.20. The molecule has 0 aromatic heterocycles. The molecule has 19 heavy (non-hydrogen) atoms. The number of sulfone groups is 1. The lowest BCUT2D eigenvalue weighted by molar-refractivity contribution is 0.0515. The normalized spacial score (nSPS) is 26.2. The number of rotatable bonds is 2. The lowest BCUT2D eigenvalue weighted by atomic mass is 9.92. The lowest BCUT2D eigenvalue weighted by Crippen LogP contribution is -2.41. The fourth-order valence-corrected chi connectivity index (χ4v) is 3.66. The summed E-state index contributed by atoms with van der Waals surface area (Å²) < 4.78 is 27.9. The number of carbonyl (C=O) groups excluding carboxylic acids is 1. The van der Waals surface area contributed by atoms with Crippen molar-refractivity contribution in [1.29, 1.82) is 5.26 Å². The van der Waals surface area contributed by atoms with E-state index in [4.69, 9.17) is 10.00 Å². The van der Waals surface area contributed by atoms with E-state index in [0.29, 0.717) is 6.42 Å². The second kappa shape index (κ2) is 5.78. The van der Waals surface area contributed by atoms with Gasteiger partial charge < -0.3 is 10.1 Å². The summed E-state index contributed by atoms with van der Waals surface area (Å²) in [5, 5.41) is 11.6. The Bertz CT molecular complexity index is 473. The molecule has 0 unspecified atom stereocenters. The SMILES string of the molecule is CC(C)(C)OC(=O)NC[C@@H]1CCS(=O)(=O)C[C@H]1C#N. The highest BCUT2D eigenvalue weighted by Gasteiger charge is 2.33. The Morgan fingerprint density at radius 2 is 2.11 bits per heavy atom. The van der Waals surface area contributed by atoms with Gasteiger partial charge in [0.1, 0.15) is 5.60 Å². The van der Waals surface area contributed by atoms with E-state index in [1.165, 1.54) is 0 Å². The maximum Gasteiger partial charge on any atom is 0.407 e. The summed E-state index contributed by atoms with van der Waals surface area (Å²) in [4.78, 5) is 11.5. The number of nitriles is 1. The van der Waals surface area contributed by atoms with Crippen molar-refractivity contribution >= 4 is 15.9 Å². The van der Waals surface area contributed by atoms with Crippen molar-refractivity contribution in [2.24, 2.45) is 11.8 Å². The van der Waals surface area contributed by atoms with E-state index in [1.54, 1.807) is 20.8 Å². The molecule has 1 saturated heterocycles. The molecule has 0 saturated carbocycles. The Hall–Kier alpha value is -1.29. The van der Waals surface area contributed by atoms with Gasteiger partial charge in [-0.3, -0.25) is 0 Å². The molecule has 0 aromatic carbocycles. The quantitative estimate of drug-likeness (QED) is 0.820. The standard InChI is InChI=1S/C12H20N2O4S/c1-12(2,3)18-11(15)14-7-9-4-5-19(16,17)8-10(9)6-13/h9-10H,4-5,7-8H2,1-3H3,(H,14,15)/t9-,10+/m0/s1. The van der Waals surface area contributed by atoms with Crippen LogP contribution >= 0.6 is 0 Å². The zero-order valence-electron chi connectivity index (χ0n) is 11.5. The van der Waals surface area contributed by atoms with Gasteiger partial charge in [-0.05, 0) is 33.1 Å². The molecule has 6 nitrogen and oxygen atoms in total. The number of amides is 1. The molecule has 1 aliphatic rings. The minimum Gasteiger partial charge on any atom is -0.444 e.